The van der Waals surface area contributed by atoms with Crippen molar-refractivity contribution in [2.75, 3.05) is 26.4 Å². The number of ether oxygens (including phenoxy) is 3. The third-order valence-electron chi connectivity index (χ3n) is 3.54. The van der Waals surface area contributed by atoms with Crippen molar-refractivity contribution in [3.05, 3.63) is 28.2 Å². The van der Waals surface area contributed by atoms with E-state index in [-0.39, 0.29) is 24.9 Å². The van der Waals surface area contributed by atoms with E-state index >= 15 is 0 Å². The Bertz CT molecular complexity index is 515. The second-order valence-electron chi connectivity index (χ2n) is 5.44. The van der Waals surface area contributed by atoms with Gasteiger partial charge in [-0.05, 0) is 25.0 Å². The van der Waals surface area contributed by atoms with Gasteiger partial charge < -0.3 is 19.3 Å². The number of ketones is 1. The summed E-state index contributed by atoms with van der Waals surface area (Å²) in [5, 5.41) is 9.74. The minimum absolute atomic E-state index is 0.0161. The maximum absolute atomic E-state index is 11.8. The zero-order valence-electron chi connectivity index (χ0n) is 12.7. The van der Waals surface area contributed by atoms with Crippen LogP contribution in [0.3, 0.4) is 0 Å². The van der Waals surface area contributed by atoms with Crippen LogP contribution in [0.2, 0.25) is 10.0 Å². The zero-order valence-corrected chi connectivity index (χ0v) is 14.2. The molecule has 0 amide bonds. The molecule has 0 saturated carbocycles. The molecule has 0 bridgehead atoms. The molecule has 0 aromatic heterocycles. The van der Waals surface area contributed by atoms with Gasteiger partial charge in [0, 0.05) is 18.4 Å². The van der Waals surface area contributed by atoms with Crippen LogP contribution in [0.4, 0.5) is 0 Å². The molecule has 1 aromatic rings. The molecule has 0 unspecified atom stereocenters. The number of rotatable bonds is 8. The average molecular weight is 363 g/mol. The molecule has 1 N–H and O–H groups in total. The lowest BCUT2D eigenvalue weighted by atomic mass is 10.0. The van der Waals surface area contributed by atoms with E-state index in [1.54, 1.807) is 18.2 Å². The molecule has 0 aliphatic carbocycles. The number of carbonyl (C=O) groups excluding carboxylic acids is 1. The largest absolute Gasteiger partial charge is 0.486 e. The molecule has 1 aliphatic rings. The Labute approximate surface area is 145 Å². The fourth-order valence-corrected chi connectivity index (χ4v) is 2.53. The maximum atomic E-state index is 11.8. The van der Waals surface area contributed by atoms with Gasteiger partial charge in [0.25, 0.3) is 0 Å². The van der Waals surface area contributed by atoms with Crippen LogP contribution in [-0.4, -0.2) is 43.6 Å². The van der Waals surface area contributed by atoms with Gasteiger partial charge >= 0.3 is 0 Å². The first-order chi connectivity index (χ1) is 11.1. The Kier molecular flexibility index (Phi) is 7.59. The Morgan fingerprint density at radius 3 is 2.65 bits per heavy atom. The standard InChI is InChI=1S/C16H20Cl2O5/c17-14-5-4-13(6-15(14)18)21-10-12(20)3-1-2-11-8-22-16(7-19)23-9-11/h4-6,11,16,19H,1-3,7-10H2/t11-,16-. The first kappa shape index (κ1) is 18.5. The summed E-state index contributed by atoms with van der Waals surface area (Å²) in [6, 6.07) is 4.90. The minimum Gasteiger partial charge on any atom is -0.486 e. The molecule has 7 heteroatoms. The predicted octanol–water partition coefficient (Wildman–Crippen LogP) is 3.09. The molecule has 128 valence electrons. The Morgan fingerprint density at radius 2 is 2.00 bits per heavy atom. The normalized spacial score (nSPS) is 21.2. The summed E-state index contributed by atoms with van der Waals surface area (Å²) in [6.45, 7) is 0.998. The van der Waals surface area contributed by atoms with E-state index in [0.717, 1.165) is 12.8 Å². The van der Waals surface area contributed by atoms with Gasteiger partial charge in [-0.15, -0.1) is 0 Å². The lowest BCUT2D eigenvalue weighted by molar-refractivity contribution is -0.215. The van der Waals surface area contributed by atoms with Gasteiger partial charge in [0.1, 0.15) is 12.4 Å². The number of Topliss-reactive ketones (excluding diaryl/α,β-unsaturated/α-hetero) is 1. The molecule has 0 radical (unpaired) electrons. The number of hydrogen-bond acceptors (Lipinski definition) is 5. The van der Waals surface area contributed by atoms with Crippen LogP contribution in [0.1, 0.15) is 19.3 Å². The third kappa shape index (κ3) is 6.28. The monoisotopic (exact) mass is 362 g/mol. The van der Waals surface area contributed by atoms with Crippen molar-refractivity contribution < 1.29 is 24.1 Å². The highest BCUT2D eigenvalue weighted by atomic mass is 35.5. The molecular formula is C16H20Cl2O5. The summed E-state index contributed by atoms with van der Waals surface area (Å²) in [5.74, 6) is 0.820. The number of aliphatic hydroxyl groups excluding tert-OH is 1. The van der Waals surface area contributed by atoms with Crippen LogP contribution in [-0.2, 0) is 14.3 Å². The topological polar surface area (TPSA) is 65.0 Å². The van der Waals surface area contributed by atoms with Gasteiger partial charge in [-0.2, -0.15) is 0 Å². The average Bonchev–Trinajstić information content (AvgIpc) is 2.56. The lowest BCUT2D eigenvalue weighted by Gasteiger charge is -2.28. The van der Waals surface area contributed by atoms with E-state index < -0.39 is 6.29 Å². The van der Waals surface area contributed by atoms with Crippen molar-refractivity contribution in [2.24, 2.45) is 5.92 Å². The number of benzene rings is 1. The van der Waals surface area contributed by atoms with E-state index in [2.05, 4.69) is 0 Å². The molecular weight excluding hydrogens is 343 g/mol. The minimum atomic E-state index is -0.507. The van der Waals surface area contributed by atoms with Gasteiger partial charge in [-0.1, -0.05) is 23.2 Å². The Hall–Kier alpha value is -0.850. The predicted molar refractivity (Wildman–Crippen MR) is 87.1 cm³/mol. The van der Waals surface area contributed by atoms with Crippen LogP contribution in [0.5, 0.6) is 5.75 Å². The molecule has 1 aliphatic heterocycles. The maximum Gasteiger partial charge on any atom is 0.180 e. The zero-order chi connectivity index (χ0) is 16.7. The first-order valence-electron chi connectivity index (χ1n) is 7.52. The van der Waals surface area contributed by atoms with E-state index in [9.17, 15) is 4.79 Å². The summed E-state index contributed by atoms with van der Waals surface area (Å²) in [6.07, 6.45) is 1.54. The van der Waals surface area contributed by atoms with Gasteiger partial charge in [-0.3, -0.25) is 4.79 Å². The smallest absolute Gasteiger partial charge is 0.180 e. The van der Waals surface area contributed by atoms with Crippen molar-refractivity contribution in [3.63, 3.8) is 0 Å². The summed E-state index contributed by atoms with van der Waals surface area (Å²) in [4.78, 5) is 11.8. The third-order valence-corrected chi connectivity index (χ3v) is 4.28. The van der Waals surface area contributed by atoms with Crippen LogP contribution in [0, 0.1) is 5.92 Å². The summed E-state index contributed by atoms with van der Waals surface area (Å²) in [5.41, 5.74) is 0. The van der Waals surface area contributed by atoms with Crippen molar-refractivity contribution in [2.45, 2.75) is 25.6 Å². The molecule has 0 spiro atoms. The highest BCUT2D eigenvalue weighted by Crippen LogP contribution is 2.26. The fourth-order valence-electron chi connectivity index (χ4n) is 2.25. The molecule has 5 nitrogen and oxygen atoms in total. The number of carbonyl (C=O) groups is 1. The quantitative estimate of drug-likeness (QED) is 0.769. The van der Waals surface area contributed by atoms with Crippen LogP contribution in [0.25, 0.3) is 0 Å². The molecule has 2 rings (SSSR count). The van der Waals surface area contributed by atoms with Crippen molar-refractivity contribution in [1.29, 1.82) is 0 Å². The van der Waals surface area contributed by atoms with Gasteiger partial charge in [-0.25, -0.2) is 0 Å². The van der Waals surface area contributed by atoms with Crippen molar-refractivity contribution >= 4 is 29.0 Å². The number of hydrogen-bond donors (Lipinski definition) is 1. The number of aliphatic hydroxyl groups is 1. The lowest BCUT2D eigenvalue weighted by Crippen LogP contribution is -2.34. The first-order valence-corrected chi connectivity index (χ1v) is 8.27. The van der Waals surface area contributed by atoms with Crippen LogP contribution < -0.4 is 4.74 Å². The highest BCUT2D eigenvalue weighted by molar-refractivity contribution is 6.42. The van der Waals surface area contributed by atoms with Crippen LogP contribution >= 0.6 is 23.2 Å². The second kappa shape index (κ2) is 9.45. The van der Waals surface area contributed by atoms with Crippen molar-refractivity contribution in [3.8, 4) is 5.75 Å². The fraction of sp³-hybridized carbons (Fsp3) is 0.562. The summed E-state index contributed by atoms with van der Waals surface area (Å²) < 4.78 is 16.0. The van der Waals surface area contributed by atoms with E-state index in [0.29, 0.717) is 35.4 Å². The molecule has 1 heterocycles. The molecule has 0 atom stereocenters. The second-order valence-corrected chi connectivity index (χ2v) is 6.25. The van der Waals surface area contributed by atoms with Crippen molar-refractivity contribution in [1.82, 2.24) is 0 Å². The molecule has 1 fully saturated rings. The summed E-state index contributed by atoms with van der Waals surface area (Å²) >= 11 is 11.7. The molecule has 1 aromatic carbocycles. The van der Waals surface area contributed by atoms with Gasteiger partial charge in [0.2, 0.25) is 0 Å². The Morgan fingerprint density at radius 1 is 1.26 bits per heavy atom. The van der Waals surface area contributed by atoms with E-state index in [4.69, 9.17) is 42.5 Å². The molecule has 23 heavy (non-hydrogen) atoms. The number of halogens is 2. The Balaban J connectivity index is 1.61. The summed E-state index contributed by atoms with van der Waals surface area (Å²) in [7, 11) is 0. The highest BCUT2D eigenvalue weighted by Gasteiger charge is 2.21. The van der Waals surface area contributed by atoms with Gasteiger partial charge in [0.15, 0.2) is 12.1 Å². The van der Waals surface area contributed by atoms with E-state index in [1.807, 2.05) is 0 Å². The van der Waals surface area contributed by atoms with E-state index in [1.165, 1.54) is 0 Å². The van der Waals surface area contributed by atoms with Gasteiger partial charge in [0.05, 0.1) is 29.9 Å². The molecule has 1 saturated heterocycles. The SMILES string of the molecule is O=C(CCC[C@H]1CO[C@H](CO)OC1)COc1ccc(Cl)c(Cl)c1. The van der Waals surface area contributed by atoms with Crippen LogP contribution in [0.15, 0.2) is 18.2 Å².